The maximum atomic E-state index is 13.3. The summed E-state index contributed by atoms with van der Waals surface area (Å²) in [6.45, 7) is 3.32. The van der Waals surface area contributed by atoms with Crippen molar-refractivity contribution in [2.75, 3.05) is 13.1 Å². The van der Waals surface area contributed by atoms with Crippen LogP contribution in [0.25, 0.3) is 0 Å². The summed E-state index contributed by atoms with van der Waals surface area (Å²) in [5.74, 6) is -2.52. The Morgan fingerprint density at radius 1 is 1.07 bits per heavy atom. The molecular formula is C21H22F2N2O2. The molecule has 1 N–H and O–H groups in total. The average molecular weight is 372 g/mol. The number of hydrogen-bond acceptors (Lipinski definition) is 2. The van der Waals surface area contributed by atoms with Gasteiger partial charge in [0, 0.05) is 31.1 Å². The molecule has 0 saturated carbocycles. The van der Waals surface area contributed by atoms with Gasteiger partial charge in [-0.05, 0) is 49.1 Å². The lowest BCUT2D eigenvalue weighted by molar-refractivity contribution is -0.126. The standard InChI is InChI=1S/C21H22F2N2O2/c1-14-4-2-3-5-17(14)13-24-20(26)15-8-10-25(11-9-15)21(27)16-6-7-18(22)19(23)12-16/h2-7,12,15H,8-11,13H2,1H3,(H,24,26). The van der Waals surface area contributed by atoms with Crippen LogP contribution in [0.5, 0.6) is 0 Å². The predicted molar refractivity (Wildman–Crippen MR) is 98.0 cm³/mol. The van der Waals surface area contributed by atoms with E-state index < -0.39 is 11.6 Å². The topological polar surface area (TPSA) is 49.4 Å². The van der Waals surface area contributed by atoms with Crippen molar-refractivity contribution in [2.45, 2.75) is 26.3 Å². The average Bonchev–Trinajstić information content (AvgIpc) is 2.69. The van der Waals surface area contributed by atoms with Gasteiger partial charge < -0.3 is 10.2 Å². The smallest absolute Gasteiger partial charge is 0.253 e. The summed E-state index contributed by atoms with van der Waals surface area (Å²) in [7, 11) is 0. The second kappa shape index (κ2) is 8.29. The number of halogens is 2. The number of rotatable bonds is 4. The van der Waals surface area contributed by atoms with Crippen molar-refractivity contribution in [3.05, 3.63) is 70.8 Å². The van der Waals surface area contributed by atoms with Gasteiger partial charge >= 0.3 is 0 Å². The fourth-order valence-electron chi connectivity index (χ4n) is 3.29. The Morgan fingerprint density at radius 2 is 1.78 bits per heavy atom. The molecule has 0 bridgehead atoms. The number of aryl methyl sites for hydroxylation is 1. The molecule has 4 nitrogen and oxygen atoms in total. The van der Waals surface area contributed by atoms with Crippen LogP contribution in [0, 0.1) is 24.5 Å². The van der Waals surface area contributed by atoms with Crippen molar-refractivity contribution < 1.29 is 18.4 Å². The van der Waals surface area contributed by atoms with Crippen LogP contribution in [0.1, 0.15) is 34.3 Å². The number of nitrogens with one attached hydrogen (secondary N) is 1. The minimum atomic E-state index is -1.04. The van der Waals surface area contributed by atoms with E-state index in [1.54, 1.807) is 4.90 Å². The zero-order valence-corrected chi connectivity index (χ0v) is 15.2. The van der Waals surface area contributed by atoms with E-state index in [0.29, 0.717) is 32.5 Å². The Hall–Kier alpha value is -2.76. The van der Waals surface area contributed by atoms with Gasteiger partial charge in [0.1, 0.15) is 0 Å². The second-order valence-electron chi connectivity index (χ2n) is 6.84. The van der Waals surface area contributed by atoms with Crippen molar-refractivity contribution in [3.63, 3.8) is 0 Å². The molecule has 6 heteroatoms. The highest BCUT2D eigenvalue weighted by Crippen LogP contribution is 2.20. The summed E-state index contributed by atoms with van der Waals surface area (Å²) < 4.78 is 26.3. The molecular weight excluding hydrogens is 350 g/mol. The number of piperidine rings is 1. The zero-order valence-electron chi connectivity index (χ0n) is 15.2. The second-order valence-corrected chi connectivity index (χ2v) is 6.84. The first-order valence-electron chi connectivity index (χ1n) is 9.02. The first kappa shape index (κ1) is 19.0. The Morgan fingerprint density at radius 3 is 2.44 bits per heavy atom. The number of nitrogens with zero attached hydrogens (tertiary/aromatic N) is 1. The number of likely N-dealkylation sites (tertiary alicyclic amines) is 1. The van der Waals surface area contributed by atoms with Gasteiger partial charge in [-0.1, -0.05) is 24.3 Å². The van der Waals surface area contributed by atoms with Gasteiger partial charge in [0.05, 0.1) is 0 Å². The molecule has 1 saturated heterocycles. The number of amides is 2. The van der Waals surface area contributed by atoms with Gasteiger partial charge in [0.25, 0.3) is 5.91 Å². The maximum absolute atomic E-state index is 13.3. The highest BCUT2D eigenvalue weighted by atomic mass is 19.2. The van der Waals surface area contributed by atoms with Crippen molar-refractivity contribution in [1.29, 1.82) is 0 Å². The van der Waals surface area contributed by atoms with E-state index in [0.717, 1.165) is 23.3 Å². The van der Waals surface area contributed by atoms with Crippen LogP contribution in [0.15, 0.2) is 42.5 Å². The van der Waals surface area contributed by atoms with Gasteiger partial charge in [-0.3, -0.25) is 9.59 Å². The summed E-state index contributed by atoms with van der Waals surface area (Å²) in [6, 6.07) is 11.0. The SMILES string of the molecule is Cc1ccccc1CNC(=O)C1CCN(C(=O)c2ccc(F)c(F)c2)CC1. The predicted octanol–water partition coefficient (Wildman–Crippen LogP) is 3.44. The van der Waals surface area contributed by atoms with Crippen LogP contribution in [0.4, 0.5) is 8.78 Å². The lowest BCUT2D eigenvalue weighted by atomic mass is 9.95. The highest BCUT2D eigenvalue weighted by molar-refractivity contribution is 5.94. The molecule has 27 heavy (non-hydrogen) atoms. The molecule has 1 aliphatic heterocycles. The molecule has 1 aliphatic rings. The van der Waals surface area contributed by atoms with E-state index in [2.05, 4.69) is 5.32 Å². The molecule has 2 amide bonds. The fourth-order valence-corrected chi connectivity index (χ4v) is 3.29. The Bertz CT molecular complexity index is 846. The van der Waals surface area contributed by atoms with Gasteiger partial charge in [0.15, 0.2) is 11.6 Å². The van der Waals surface area contributed by atoms with Crippen LogP contribution in [0.2, 0.25) is 0 Å². The minimum absolute atomic E-state index is 0.0156. The van der Waals surface area contributed by atoms with Crippen LogP contribution in [-0.4, -0.2) is 29.8 Å². The third kappa shape index (κ3) is 4.51. The van der Waals surface area contributed by atoms with Gasteiger partial charge in [-0.2, -0.15) is 0 Å². The molecule has 3 rings (SSSR count). The van der Waals surface area contributed by atoms with Gasteiger partial charge in [0.2, 0.25) is 5.91 Å². The molecule has 1 heterocycles. The Balaban J connectivity index is 1.52. The van der Waals surface area contributed by atoms with E-state index >= 15 is 0 Å². The van der Waals surface area contributed by atoms with Crippen molar-refractivity contribution in [2.24, 2.45) is 5.92 Å². The van der Waals surface area contributed by atoms with E-state index in [-0.39, 0.29) is 23.3 Å². The molecule has 0 atom stereocenters. The third-order valence-corrected chi connectivity index (χ3v) is 5.03. The van der Waals surface area contributed by atoms with E-state index in [1.807, 2.05) is 31.2 Å². The molecule has 0 aromatic heterocycles. The summed E-state index contributed by atoms with van der Waals surface area (Å²) in [5.41, 5.74) is 2.33. The van der Waals surface area contributed by atoms with E-state index in [9.17, 15) is 18.4 Å². The third-order valence-electron chi connectivity index (χ3n) is 5.03. The Kier molecular flexibility index (Phi) is 5.84. The van der Waals surface area contributed by atoms with Gasteiger partial charge in [-0.15, -0.1) is 0 Å². The van der Waals surface area contributed by atoms with Crippen LogP contribution in [-0.2, 0) is 11.3 Å². The first-order chi connectivity index (χ1) is 13.0. The lowest BCUT2D eigenvalue weighted by Crippen LogP contribution is -2.43. The number of hydrogen-bond donors (Lipinski definition) is 1. The molecule has 0 spiro atoms. The highest BCUT2D eigenvalue weighted by Gasteiger charge is 2.28. The molecule has 0 aliphatic carbocycles. The molecule has 0 radical (unpaired) electrons. The van der Waals surface area contributed by atoms with Crippen LogP contribution in [0.3, 0.4) is 0 Å². The molecule has 142 valence electrons. The van der Waals surface area contributed by atoms with Crippen molar-refractivity contribution >= 4 is 11.8 Å². The maximum Gasteiger partial charge on any atom is 0.253 e. The molecule has 2 aromatic rings. The van der Waals surface area contributed by atoms with Crippen molar-refractivity contribution in [3.8, 4) is 0 Å². The van der Waals surface area contributed by atoms with E-state index in [1.165, 1.54) is 6.07 Å². The fraction of sp³-hybridized carbons (Fsp3) is 0.333. The summed E-state index contributed by atoms with van der Waals surface area (Å²) in [6.07, 6.45) is 1.10. The van der Waals surface area contributed by atoms with Crippen molar-refractivity contribution in [1.82, 2.24) is 10.2 Å². The van der Waals surface area contributed by atoms with Gasteiger partial charge in [-0.25, -0.2) is 8.78 Å². The zero-order chi connectivity index (χ0) is 19.4. The number of carbonyl (C=O) groups is 2. The quantitative estimate of drug-likeness (QED) is 0.894. The van der Waals surface area contributed by atoms with Crippen LogP contribution >= 0.6 is 0 Å². The molecule has 2 aromatic carbocycles. The summed E-state index contributed by atoms with van der Waals surface area (Å²) in [5, 5.41) is 2.97. The molecule has 0 unspecified atom stereocenters. The summed E-state index contributed by atoms with van der Waals surface area (Å²) in [4.78, 5) is 26.4. The Labute approximate surface area is 157 Å². The van der Waals surface area contributed by atoms with Crippen LogP contribution < -0.4 is 5.32 Å². The first-order valence-corrected chi connectivity index (χ1v) is 9.02. The van der Waals surface area contributed by atoms with E-state index in [4.69, 9.17) is 0 Å². The monoisotopic (exact) mass is 372 g/mol. The largest absolute Gasteiger partial charge is 0.352 e. The normalized spacial score (nSPS) is 14.9. The lowest BCUT2D eigenvalue weighted by Gasteiger charge is -2.31. The number of benzene rings is 2. The molecule has 1 fully saturated rings. The summed E-state index contributed by atoms with van der Waals surface area (Å²) >= 11 is 0. The number of carbonyl (C=O) groups excluding carboxylic acids is 2. The minimum Gasteiger partial charge on any atom is -0.352 e.